The fourth-order valence-corrected chi connectivity index (χ4v) is 2.52. The first-order chi connectivity index (χ1) is 11.8. The zero-order valence-corrected chi connectivity index (χ0v) is 12.7. The molecule has 0 aliphatic rings. The molecule has 0 atom stereocenters. The van der Waals surface area contributed by atoms with Crippen LogP contribution in [0.15, 0.2) is 67.1 Å². The lowest BCUT2D eigenvalue weighted by atomic mass is 10.2. The molecule has 0 saturated carbocycles. The third-order valence-electron chi connectivity index (χ3n) is 3.73. The molecule has 0 unspecified atom stereocenters. The van der Waals surface area contributed by atoms with Crippen molar-refractivity contribution in [1.82, 2.24) is 19.7 Å². The van der Waals surface area contributed by atoms with Crippen LogP contribution in [-0.2, 0) is 6.54 Å². The Morgan fingerprint density at radius 1 is 0.958 bits per heavy atom. The normalized spacial score (nSPS) is 10.9. The fourth-order valence-electron chi connectivity index (χ4n) is 2.52. The molecule has 24 heavy (non-hydrogen) atoms. The van der Waals surface area contributed by atoms with Crippen LogP contribution in [0.2, 0.25) is 0 Å². The summed E-state index contributed by atoms with van der Waals surface area (Å²) in [4.78, 5) is 8.58. The van der Waals surface area contributed by atoms with Crippen LogP contribution in [0.4, 0.5) is 16.0 Å². The molecule has 0 amide bonds. The first-order valence-corrected chi connectivity index (χ1v) is 7.52. The average molecular weight is 319 g/mol. The number of benzene rings is 1. The third-order valence-corrected chi connectivity index (χ3v) is 3.73. The van der Waals surface area contributed by atoms with Gasteiger partial charge in [0.25, 0.3) is 0 Å². The minimum atomic E-state index is -0.234. The van der Waals surface area contributed by atoms with Gasteiger partial charge in [0.1, 0.15) is 17.5 Å². The molecule has 1 aromatic carbocycles. The number of anilines is 2. The van der Waals surface area contributed by atoms with Crippen molar-refractivity contribution in [3.63, 3.8) is 0 Å². The van der Waals surface area contributed by atoms with Crippen LogP contribution in [-0.4, -0.2) is 19.7 Å². The summed E-state index contributed by atoms with van der Waals surface area (Å²) in [5, 5.41) is 8.40. The lowest BCUT2D eigenvalue weighted by Crippen LogP contribution is -2.04. The Hall–Kier alpha value is -3.28. The average Bonchev–Trinajstić information content (AvgIpc) is 3.00. The molecule has 1 N–H and O–H groups in total. The Labute approximate surface area is 137 Å². The van der Waals surface area contributed by atoms with E-state index in [0.29, 0.717) is 23.7 Å². The number of halogens is 1. The first kappa shape index (κ1) is 14.3. The molecule has 0 saturated heterocycles. The van der Waals surface area contributed by atoms with Crippen LogP contribution >= 0.6 is 0 Å². The van der Waals surface area contributed by atoms with E-state index in [1.54, 1.807) is 35.4 Å². The van der Waals surface area contributed by atoms with Gasteiger partial charge in [-0.1, -0.05) is 24.3 Å². The molecular formula is C18H14FN5. The molecule has 4 rings (SSSR count). The molecule has 0 bridgehead atoms. The Kier molecular flexibility index (Phi) is 3.63. The molecule has 0 radical (unpaired) electrons. The number of rotatable bonds is 4. The number of hydrogen-bond acceptors (Lipinski definition) is 4. The molecule has 6 heteroatoms. The Morgan fingerprint density at radius 3 is 2.67 bits per heavy atom. The molecule has 118 valence electrons. The molecule has 3 aromatic heterocycles. The van der Waals surface area contributed by atoms with Gasteiger partial charge in [-0.05, 0) is 18.2 Å². The lowest BCUT2D eigenvalue weighted by molar-refractivity contribution is 0.590. The number of nitrogens with one attached hydrogen (secondary N) is 1. The van der Waals surface area contributed by atoms with Gasteiger partial charge in [-0.25, -0.2) is 14.4 Å². The van der Waals surface area contributed by atoms with Crippen molar-refractivity contribution in [3.05, 3.63) is 78.5 Å². The van der Waals surface area contributed by atoms with Crippen molar-refractivity contribution in [1.29, 1.82) is 0 Å². The van der Waals surface area contributed by atoms with Crippen molar-refractivity contribution in [2.75, 3.05) is 5.32 Å². The second-order valence-electron chi connectivity index (χ2n) is 5.36. The molecule has 0 aliphatic carbocycles. The predicted octanol–water partition coefficient (Wildman–Crippen LogP) is 3.76. The zero-order chi connectivity index (χ0) is 16.4. The molecule has 0 aliphatic heterocycles. The summed E-state index contributed by atoms with van der Waals surface area (Å²) in [5.74, 6) is 1.14. The smallest absolute Gasteiger partial charge is 0.133 e. The monoisotopic (exact) mass is 319 g/mol. The maximum atomic E-state index is 13.9. The third kappa shape index (κ3) is 2.81. The van der Waals surface area contributed by atoms with E-state index in [4.69, 9.17) is 0 Å². The van der Waals surface area contributed by atoms with E-state index in [-0.39, 0.29) is 5.82 Å². The SMILES string of the molecule is Fc1ccccc1Cn1ncc2cnc(Nc3ccccn3)cc21. The van der Waals surface area contributed by atoms with Gasteiger partial charge in [-0.3, -0.25) is 4.68 Å². The minimum absolute atomic E-state index is 0.234. The fraction of sp³-hybridized carbons (Fsp3) is 0.0556. The summed E-state index contributed by atoms with van der Waals surface area (Å²) >= 11 is 0. The van der Waals surface area contributed by atoms with Gasteiger partial charge in [0.2, 0.25) is 0 Å². The van der Waals surface area contributed by atoms with Crippen molar-refractivity contribution >= 4 is 22.5 Å². The number of hydrogen-bond donors (Lipinski definition) is 1. The summed E-state index contributed by atoms with van der Waals surface area (Å²) in [6.45, 7) is 0.364. The van der Waals surface area contributed by atoms with Gasteiger partial charge in [-0.2, -0.15) is 5.10 Å². The Morgan fingerprint density at radius 2 is 1.83 bits per heavy atom. The van der Waals surface area contributed by atoms with Gasteiger partial charge >= 0.3 is 0 Å². The zero-order valence-electron chi connectivity index (χ0n) is 12.7. The standard InChI is InChI=1S/C18H14FN5/c19-15-6-2-1-5-13(15)12-24-16-9-18(21-10-14(16)11-22-24)23-17-7-3-4-8-20-17/h1-11H,12H2,(H,20,21,23). The van der Waals surface area contributed by atoms with Crippen molar-refractivity contribution in [3.8, 4) is 0 Å². The Balaban J connectivity index is 1.67. The highest BCUT2D eigenvalue weighted by atomic mass is 19.1. The highest BCUT2D eigenvalue weighted by Gasteiger charge is 2.08. The van der Waals surface area contributed by atoms with Crippen LogP contribution in [0, 0.1) is 5.82 Å². The van der Waals surface area contributed by atoms with E-state index in [1.807, 2.05) is 30.3 Å². The summed E-state index contributed by atoms with van der Waals surface area (Å²) < 4.78 is 15.6. The first-order valence-electron chi connectivity index (χ1n) is 7.52. The van der Waals surface area contributed by atoms with Crippen LogP contribution in [0.3, 0.4) is 0 Å². The lowest BCUT2D eigenvalue weighted by Gasteiger charge is -2.07. The predicted molar refractivity (Wildman–Crippen MR) is 90.5 cm³/mol. The number of nitrogens with zero attached hydrogens (tertiary/aromatic N) is 4. The second kappa shape index (κ2) is 6.08. The quantitative estimate of drug-likeness (QED) is 0.622. The number of aromatic nitrogens is 4. The number of pyridine rings is 2. The van der Waals surface area contributed by atoms with Crippen LogP contribution in [0.25, 0.3) is 10.9 Å². The van der Waals surface area contributed by atoms with Crippen LogP contribution < -0.4 is 5.32 Å². The molecule has 0 fully saturated rings. The van der Waals surface area contributed by atoms with Crippen LogP contribution in [0.1, 0.15) is 5.56 Å². The van der Waals surface area contributed by atoms with Gasteiger partial charge in [-0.15, -0.1) is 0 Å². The molecule has 0 spiro atoms. The molecule has 5 nitrogen and oxygen atoms in total. The molecular weight excluding hydrogens is 305 g/mol. The molecule has 3 heterocycles. The topological polar surface area (TPSA) is 55.6 Å². The number of fused-ring (bicyclic) bond motifs is 1. The van der Waals surface area contributed by atoms with E-state index in [1.165, 1.54) is 6.07 Å². The Bertz CT molecular complexity index is 981. The second-order valence-corrected chi connectivity index (χ2v) is 5.36. The van der Waals surface area contributed by atoms with Gasteiger partial charge < -0.3 is 5.32 Å². The van der Waals surface area contributed by atoms with E-state index >= 15 is 0 Å². The van der Waals surface area contributed by atoms with Crippen molar-refractivity contribution in [2.24, 2.45) is 0 Å². The van der Waals surface area contributed by atoms with E-state index in [0.717, 1.165) is 10.9 Å². The van der Waals surface area contributed by atoms with E-state index in [2.05, 4.69) is 20.4 Å². The highest BCUT2D eigenvalue weighted by Crippen LogP contribution is 2.20. The summed E-state index contributed by atoms with van der Waals surface area (Å²) in [6, 6.07) is 14.2. The molecule has 4 aromatic rings. The highest BCUT2D eigenvalue weighted by molar-refractivity contribution is 5.80. The van der Waals surface area contributed by atoms with Gasteiger partial charge in [0, 0.05) is 29.4 Å². The van der Waals surface area contributed by atoms with E-state index < -0.39 is 0 Å². The van der Waals surface area contributed by atoms with Crippen molar-refractivity contribution in [2.45, 2.75) is 6.54 Å². The van der Waals surface area contributed by atoms with Crippen molar-refractivity contribution < 1.29 is 4.39 Å². The maximum Gasteiger partial charge on any atom is 0.133 e. The van der Waals surface area contributed by atoms with Gasteiger partial charge in [0.05, 0.1) is 18.3 Å². The summed E-state index contributed by atoms with van der Waals surface area (Å²) in [5.41, 5.74) is 1.48. The van der Waals surface area contributed by atoms with Crippen LogP contribution in [0.5, 0.6) is 0 Å². The largest absolute Gasteiger partial charge is 0.325 e. The van der Waals surface area contributed by atoms with Gasteiger partial charge in [0.15, 0.2) is 0 Å². The maximum absolute atomic E-state index is 13.9. The summed E-state index contributed by atoms with van der Waals surface area (Å²) in [7, 11) is 0. The summed E-state index contributed by atoms with van der Waals surface area (Å²) in [6.07, 6.45) is 5.18. The minimum Gasteiger partial charge on any atom is -0.325 e. The van der Waals surface area contributed by atoms with E-state index in [9.17, 15) is 4.39 Å².